The molecular formula is C26H29N3O3. The van der Waals surface area contributed by atoms with E-state index in [0.29, 0.717) is 25.1 Å². The largest absolute Gasteiger partial charge is 0.338 e. The number of Topliss-reactive ketones (excluding diaryl/α,β-unsaturated/α-hetero) is 1. The van der Waals surface area contributed by atoms with E-state index < -0.39 is 12.1 Å². The van der Waals surface area contributed by atoms with E-state index in [9.17, 15) is 14.4 Å². The third kappa shape index (κ3) is 3.62. The Labute approximate surface area is 188 Å². The van der Waals surface area contributed by atoms with E-state index in [2.05, 4.69) is 5.32 Å². The van der Waals surface area contributed by atoms with Gasteiger partial charge < -0.3 is 15.1 Å². The maximum Gasteiger partial charge on any atom is 0.255 e. The van der Waals surface area contributed by atoms with Crippen LogP contribution in [0.15, 0.2) is 60.7 Å². The summed E-state index contributed by atoms with van der Waals surface area (Å²) in [7, 11) is 0. The van der Waals surface area contributed by atoms with Crippen LogP contribution in [0.4, 0.5) is 0 Å². The lowest BCUT2D eigenvalue weighted by atomic mass is 9.73. The van der Waals surface area contributed by atoms with Gasteiger partial charge in [0.1, 0.15) is 11.8 Å². The summed E-state index contributed by atoms with van der Waals surface area (Å²) in [6, 6.07) is 17.9. The van der Waals surface area contributed by atoms with E-state index in [4.69, 9.17) is 0 Å². The summed E-state index contributed by atoms with van der Waals surface area (Å²) in [5.74, 6) is -0.488. The predicted octanol–water partition coefficient (Wildman–Crippen LogP) is 2.67. The minimum absolute atomic E-state index is 0.0149. The van der Waals surface area contributed by atoms with Crippen molar-refractivity contribution in [1.82, 2.24) is 15.1 Å². The molecule has 2 heterocycles. The third-order valence-electron chi connectivity index (χ3n) is 7.22. The van der Waals surface area contributed by atoms with Gasteiger partial charge in [0, 0.05) is 50.0 Å². The van der Waals surface area contributed by atoms with Gasteiger partial charge in [-0.1, -0.05) is 48.5 Å². The van der Waals surface area contributed by atoms with Gasteiger partial charge in [0.2, 0.25) is 5.91 Å². The summed E-state index contributed by atoms with van der Waals surface area (Å²) in [6.07, 6.45) is 2.09. The highest BCUT2D eigenvalue weighted by molar-refractivity contribution is 6.00. The Morgan fingerprint density at radius 3 is 2.25 bits per heavy atom. The molecule has 6 nitrogen and oxygen atoms in total. The van der Waals surface area contributed by atoms with Crippen LogP contribution < -0.4 is 5.32 Å². The SMILES string of the molecule is O=C1CCCC2C1C(c1ccccc1)N(C(=O)c1ccccc1)C2C(=O)N1CCNCC1. The fourth-order valence-corrected chi connectivity index (χ4v) is 5.79. The minimum atomic E-state index is -0.611. The number of carbonyl (C=O) groups is 3. The fourth-order valence-electron chi connectivity index (χ4n) is 5.79. The molecule has 6 heteroatoms. The topological polar surface area (TPSA) is 69.7 Å². The molecule has 2 aromatic carbocycles. The molecule has 1 saturated carbocycles. The molecule has 0 radical (unpaired) electrons. The highest BCUT2D eigenvalue weighted by Gasteiger charge is 2.58. The first-order valence-corrected chi connectivity index (χ1v) is 11.6. The van der Waals surface area contributed by atoms with Crippen molar-refractivity contribution < 1.29 is 14.4 Å². The predicted molar refractivity (Wildman–Crippen MR) is 121 cm³/mol. The molecule has 2 aromatic rings. The minimum Gasteiger partial charge on any atom is -0.338 e. The van der Waals surface area contributed by atoms with Crippen LogP contribution in [0.2, 0.25) is 0 Å². The smallest absolute Gasteiger partial charge is 0.255 e. The van der Waals surface area contributed by atoms with E-state index in [1.807, 2.05) is 53.4 Å². The lowest BCUT2D eigenvalue weighted by Crippen LogP contribution is -2.55. The molecule has 2 aliphatic heterocycles. The van der Waals surface area contributed by atoms with Crippen molar-refractivity contribution in [2.24, 2.45) is 11.8 Å². The quantitative estimate of drug-likeness (QED) is 0.811. The lowest BCUT2D eigenvalue weighted by molar-refractivity contribution is -0.137. The molecule has 2 amide bonds. The first kappa shape index (κ1) is 20.9. The Morgan fingerprint density at radius 1 is 0.906 bits per heavy atom. The number of hydrogen-bond donors (Lipinski definition) is 1. The van der Waals surface area contributed by atoms with E-state index in [1.54, 1.807) is 17.0 Å². The van der Waals surface area contributed by atoms with Gasteiger partial charge in [0.05, 0.1) is 6.04 Å². The Kier molecular flexibility index (Phi) is 5.79. The zero-order valence-corrected chi connectivity index (χ0v) is 18.2. The van der Waals surface area contributed by atoms with Crippen molar-refractivity contribution >= 4 is 17.6 Å². The number of benzene rings is 2. The van der Waals surface area contributed by atoms with Gasteiger partial charge in [-0.3, -0.25) is 14.4 Å². The van der Waals surface area contributed by atoms with Crippen LogP contribution in [-0.4, -0.2) is 59.6 Å². The molecule has 5 rings (SSSR count). The highest BCUT2D eigenvalue weighted by Crippen LogP contribution is 2.51. The normalized spacial score (nSPS) is 27.8. The van der Waals surface area contributed by atoms with E-state index in [1.165, 1.54) is 0 Å². The zero-order chi connectivity index (χ0) is 22.1. The summed E-state index contributed by atoms with van der Waals surface area (Å²) in [5, 5.41) is 3.29. The molecule has 1 N–H and O–H groups in total. The highest BCUT2D eigenvalue weighted by atomic mass is 16.2. The number of fused-ring (bicyclic) bond motifs is 1. The number of nitrogens with zero attached hydrogens (tertiary/aromatic N) is 2. The molecule has 1 aliphatic carbocycles. The van der Waals surface area contributed by atoms with Crippen molar-refractivity contribution in [1.29, 1.82) is 0 Å². The summed E-state index contributed by atoms with van der Waals surface area (Å²) in [5.41, 5.74) is 1.48. The summed E-state index contributed by atoms with van der Waals surface area (Å²) < 4.78 is 0. The second-order valence-corrected chi connectivity index (χ2v) is 9.00. The number of piperazine rings is 1. The number of likely N-dealkylation sites (tertiary alicyclic amines) is 1. The maximum atomic E-state index is 13.9. The van der Waals surface area contributed by atoms with Crippen molar-refractivity contribution in [2.45, 2.75) is 31.3 Å². The molecule has 0 spiro atoms. The molecular weight excluding hydrogens is 402 g/mol. The van der Waals surface area contributed by atoms with Gasteiger partial charge >= 0.3 is 0 Å². The molecule has 4 atom stereocenters. The third-order valence-corrected chi connectivity index (χ3v) is 7.22. The Bertz CT molecular complexity index is 988. The first-order valence-electron chi connectivity index (χ1n) is 11.6. The maximum absolute atomic E-state index is 13.9. The number of carbonyl (C=O) groups excluding carboxylic acids is 3. The molecule has 166 valence electrons. The van der Waals surface area contributed by atoms with Gasteiger partial charge in [-0.2, -0.15) is 0 Å². The molecule has 0 bridgehead atoms. The number of hydrogen-bond acceptors (Lipinski definition) is 4. The average Bonchev–Trinajstić information content (AvgIpc) is 3.21. The van der Waals surface area contributed by atoms with Gasteiger partial charge in [-0.25, -0.2) is 0 Å². The molecule has 2 saturated heterocycles. The van der Waals surface area contributed by atoms with Gasteiger partial charge in [0.25, 0.3) is 5.91 Å². The molecule has 3 aliphatic rings. The Balaban J connectivity index is 1.62. The van der Waals surface area contributed by atoms with E-state index in [0.717, 1.165) is 31.5 Å². The number of amides is 2. The Hall–Kier alpha value is -2.99. The van der Waals surface area contributed by atoms with Gasteiger partial charge in [-0.05, 0) is 30.5 Å². The van der Waals surface area contributed by atoms with Crippen LogP contribution in [0.3, 0.4) is 0 Å². The summed E-state index contributed by atoms with van der Waals surface area (Å²) in [4.78, 5) is 44.7. The van der Waals surface area contributed by atoms with Crippen molar-refractivity contribution in [3.63, 3.8) is 0 Å². The van der Waals surface area contributed by atoms with Crippen molar-refractivity contribution in [3.8, 4) is 0 Å². The second-order valence-electron chi connectivity index (χ2n) is 9.00. The molecule has 3 fully saturated rings. The van der Waals surface area contributed by atoms with Gasteiger partial charge in [0.15, 0.2) is 0 Å². The summed E-state index contributed by atoms with van der Waals surface area (Å²) >= 11 is 0. The lowest BCUT2D eigenvalue weighted by Gasteiger charge is -2.36. The Morgan fingerprint density at radius 2 is 1.56 bits per heavy atom. The molecule has 0 aromatic heterocycles. The number of ketones is 1. The van der Waals surface area contributed by atoms with Crippen LogP contribution >= 0.6 is 0 Å². The van der Waals surface area contributed by atoms with Crippen LogP contribution in [0.25, 0.3) is 0 Å². The number of rotatable bonds is 3. The van der Waals surface area contributed by atoms with E-state index >= 15 is 0 Å². The van der Waals surface area contributed by atoms with Gasteiger partial charge in [-0.15, -0.1) is 0 Å². The fraction of sp³-hybridized carbons (Fsp3) is 0.423. The monoisotopic (exact) mass is 431 g/mol. The molecule has 4 unspecified atom stereocenters. The summed E-state index contributed by atoms with van der Waals surface area (Å²) in [6.45, 7) is 2.76. The average molecular weight is 432 g/mol. The van der Waals surface area contributed by atoms with Crippen molar-refractivity contribution in [2.75, 3.05) is 26.2 Å². The standard InChI is InChI=1S/C26H29N3O3/c30-21-13-7-12-20-22(21)23(18-8-3-1-4-9-18)29(25(31)19-10-5-2-6-11-19)24(20)26(32)28-16-14-27-15-17-28/h1-6,8-11,20,22-24,27H,7,12-17H2. The second kappa shape index (κ2) is 8.87. The van der Waals surface area contributed by atoms with Crippen LogP contribution in [-0.2, 0) is 9.59 Å². The zero-order valence-electron chi connectivity index (χ0n) is 18.2. The van der Waals surface area contributed by atoms with Crippen LogP contribution in [0.5, 0.6) is 0 Å². The first-order chi connectivity index (χ1) is 15.7. The van der Waals surface area contributed by atoms with Crippen LogP contribution in [0.1, 0.15) is 41.2 Å². The van der Waals surface area contributed by atoms with Crippen molar-refractivity contribution in [3.05, 3.63) is 71.8 Å². The van der Waals surface area contributed by atoms with E-state index in [-0.39, 0.29) is 29.4 Å². The van der Waals surface area contributed by atoms with Crippen LogP contribution in [0, 0.1) is 11.8 Å². The molecule has 32 heavy (non-hydrogen) atoms. The number of nitrogens with one attached hydrogen (secondary N) is 1.